The van der Waals surface area contributed by atoms with Crippen molar-refractivity contribution in [1.29, 1.82) is 0 Å². The third-order valence-corrected chi connectivity index (χ3v) is 4.40. The predicted molar refractivity (Wildman–Crippen MR) is 93.0 cm³/mol. The fraction of sp³-hybridized carbons (Fsp3) is 0.118. The molecule has 1 N–H and O–H groups in total. The van der Waals surface area contributed by atoms with Gasteiger partial charge in [-0.2, -0.15) is 0 Å². The van der Waals surface area contributed by atoms with E-state index in [4.69, 9.17) is 0 Å². The van der Waals surface area contributed by atoms with E-state index in [1.165, 1.54) is 10.6 Å². The summed E-state index contributed by atoms with van der Waals surface area (Å²) < 4.78 is 2.34. The molecule has 5 nitrogen and oxygen atoms in total. The van der Waals surface area contributed by atoms with Gasteiger partial charge in [0.05, 0.1) is 0 Å². The zero-order valence-electron chi connectivity index (χ0n) is 12.6. The number of fused-ring (bicyclic) bond motifs is 1. The largest absolute Gasteiger partial charge is 0.322 e. The molecule has 0 aliphatic carbocycles. The molecule has 23 heavy (non-hydrogen) atoms. The molecule has 1 amide bonds. The Kier molecular flexibility index (Phi) is 4.00. The number of nitrogens with zero attached hydrogens (tertiary/aromatic N) is 2. The van der Waals surface area contributed by atoms with Gasteiger partial charge in [0.15, 0.2) is 0 Å². The molecule has 0 saturated heterocycles. The number of benzene rings is 1. The average Bonchev–Trinajstić information content (AvgIpc) is 2.52. The van der Waals surface area contributed by atoms with Crippen molar-refractivity contribution in [3.8, 4) is 0 Å². The Morgan fingerprint density at radius 3 is 2.74 bits per heavy atom. The Labute approximate surface area is 141 Å². The number of anilines is 1. The van der Waals surface area contributed by atoms with Gasteiger partial charge in [0.1, 0.15) is 11.2 Å². The van der Waals surface area contributed by atoms with Gasteiger partial charge < -0.3 is 5.32 Å². The van der Waals surface area contributed by atoms with Crippen molar-refractivity contribution in [1.82, 2.24) is 9.38 Å². The number of carbonyl (C=O) groups is 1. The number of aryl methyl sites for hydroxylation is 2. The Morgan fingerprint density at radius 2 is 2.00 bits per heavy atom. The SMILES string of the molecule is Cc1ccc2ncc(C(=O)Nc3ccc(Br)c(C)c3)c(=O)n2c1. The molecule has 0 aliphatic rings. The Balaban J connectivity index is 1.99. The molecule has 2 heterocycles. The lowest BCUT2D eigenvalue weighted by Crippen LogP contribution is -2.26. The molecule has 0 bridgehead atoms. The summed E-state index contributed by atoms with van der Waals surface area (Å²) >= 11 is 3.41. The molecule has 0 saturated carbocycles. The molecule has 0 spiro atoms. The predicted octanol–water partition coefficient (Wildman–Crippen LogP) is 3.33. The van der Waals surface area contributed by atoms with Crippen molar-refractivity contribution >= 4 is 33.2 Å². The number of carbonyl (C=O) groups excluding carboxylic acids is 1. The molecule has 1 aromatic carbocycles. The van der Waals surface area contributed by atoms with Crippen molar-refractivity contribution in [2.75, 3.05) is 5.32 Å². The van der Waals surface area contributed by atoms with Gasteiger partial charge in [0, 0.05) is 22.6 Å². The van der Waals surface area contributed by atoms with Gasteiger partial charge >= 0.3 is 0 Å². The second-order valence-corrected chi connectivity index (χ2v) is 6.18. The summed E-state index contributed by atoms with van der Waals surface area (Å²) in [6.07, 6.45) is 2.99. The standard InChI is InChI=1S/C17H14BrN3O2/c1-10-3-6-15-19-8-13(17(23)21(15)9-10)16(22)20-12-4-5-14(18)11(2)7-12/h3-9H,1-2H3,(H,20,22). The number of amides is 1. The number of rotatable bonds is 2. The fourth-order valence-corrected chi connectivity index (χ4v) is 2.51. The zero-order chi connectivity index (χ0) is 16.6. The maximum Gasteiger partial charge on any atom is 0.270 e. The van der Waals surface area contributed by atoms with E-state index in [0.29, 0.717) is 11.3 Å². The summed E-state index contributed by atoms with van der Waals surface area (Å²) in [6, 6.07) is 9.06. The van der Waals surface area contributed by atoms with Crippen molar-refractivity contribution in [2.24, 2.45) is 0 Å². The first-order valence-corrected chi connectivity index (χ1v) is 7.80. The zero-order valence-corrected chi connectivity index (χ0v) is 14.2. The molecule has 0 fully saturated rings. The van der Waals surface area contributed by atoms with Crippen LogP contribution in [0.2, 0.25) is 0 Å². The van der Waals surface area contributed by atoms with E-state index in [-0.39, 0.29) is 11.1 Å². The van der Waals surface area contributed by atoms with Gasteiger partial charge in [-0.1, -0.05) is 22.0 Å². The van der Waals surface area contributed by atoms with Crippen LogP contribution >= 0.6 is 15.9 Å². The minimum absolute atomic E-state index is 0.00803. The lowest BCUT2D eigenvalue weighted by Gasteiger charge is -2.08. The quantitative estimate of drug-likeness (QED) is 0.751. The number of aromatic nitrogens is 2. The monoisotopic (exact) mass is 371 g/mol. The number of hydrogen-bond acceptors (Lipinski definition) is 3. The Morgan fingerprint density at radius 1 is 1.22 bits per heavy atom. The van der Waals surface area contributed by atoms with Crippen LogP contribution in [-0.2, 0) is 0 Å². The average molecular weight is 372 g/mol. The highest BCUT2D eigenvalue weighted by molar-refractivity contribution is 9.10. The topological polar surface area (TPSA) is 63.5 Å². The van der Waals surface area contributed by atoms with E-state index < -0.39 is 5.91 Å². The summed E-state index contributed by atoms with van der Waals surface area (Å²) in [7, 11) is 0. The smallest absolute Gasteiger partial charge is 0.270 e. The van der Waals surface area contributed by atoms with Gasteiger partial charge in [-0.05, 0) is 49.2 Å². The number of halogens is 1. The van der Waals surface area contributed by atoms with Crippen LogP contribution in [-0.4, -0.2) is 15.3 Å². The maximum absolute atomic E-state index is 12.5. The molecular formula is C17H14BrN3O2. The van der Waals surface area contributed by atoms with Crippen molar-refractivity contribution < 1.29 is 4.79 Å². The lowest BCUT2D eigenvalue weighted by atomic mass is 10.2. The number of hydrogen-bond donors (Lipinski definition) is 1. The van der Waals surface area contributed by atoms with Crippen molar-refractivity contribution in [3.05, 3.63) is 74.2 Å². The molecule has 116 valence electrons. The van der Waals surface area contributed by atoms with Gasteiger partial charge in [0.25, 0.3) is 11.5 Å². The van der Waals surface area contributed by atoms with Crippen LogP contribution in [0.1, 0.15) is 21.5 Å². The van der Waals surface area contributed by atoms with Crippen molar-refractivity contribution in [3.63, 3.8) is 0 Å². The first-order chi connectivity index (χ1) is 11.0. The maximum atomic E-state index is 12.5. The molecule has 6 heteroatoms. The summed E-state index contributed by atoms with van der Waals surface area (Å²) in [5.41, 5.74) is 2.68. The molecule has 0 unspecified atom stereocenters. The summed E-state index contributed by atoms with van der Waals surface area (Å²) in [5, 5.41) is 2.73. The first-order valence-electron chi connectivity index (χ1n) is 7.01. The van der Waals surface area contributed by atoms with Gasteiger partial charge in [-0.3, -0.25) is 14.0 Å². The van der Waals surface area contributed by atoms with E-state index >= 15 is 0 Å². The van der Waals surface area contributed by atoms with Gasteiger partial charge in [-0.15, -0.1) is 0 Å². The molecule has 0 atom stereocenters. The molecule has 3 aromatic rings. The third kappa shape index (κ3) is 3.03. The van der Waals surface area contributed by atoms with Crippen LogP contribution in [0.5, 0.6) is 0 Å². The molecule has 0 radical (unpaired) electrons. The van der Waals surface area contributed by atoms with Crippen molar-refractivity contribution in [2.45, 2.75) is 13.8 Å². The van der Waals surface area contributed by atoms with E-state index in [0.717, 1.165) is 15.6 Å². The highest BCUT2D eigenvalue weighted by Crippen LogP contribution is 2.20. The van der Waals surface area contributed by atoms with Crippen LogP contribution in [0.3, 0.4) is 0 Å². The van der Waals surface area contributed by atoms with Gasteiger partial charge in [0.2, 0.25) is 0 Å². The minimum Gasteiger partial charge on any atom is -0.322 e. The number of pyridine rings is 1. The Bertz CT molecular complexity index is 979. The summed E-state index contributed by atoms with van der Waals surface area (Å²) in [6.45, 7) is 3.80. The summed E-state index contributed by atoms with van der Waals surface area (Å²) in [4.78, 5) is 29.0. The van der Waals surface area contributed by atoms with Gasteiger partial charge in [-0.25, -0.2) is 4.98 Å². The highest BCUT2D eigenvalue weighted by atomic mass is 79.9. The van der Waals surface area contributed by atoms with E-state index in [9.17, 15) is 9.59 Å². The van der Waals surface area contributed by atoms with Crippen LogP contribution in [0.4, 0.5) is 5.69 Å². The molecule has 2 aromatic heterocycles. The van der Waals surface area contributed by atoms with Crippen LogP contribution in [0.15, 0.2) is 52.0 Å². The third-order valence-electron chi connectivity index (χ3n) is 3.51. The minimum atomic E-state index is -0.472. The van der Waals surface area contributed by atoms with Crippen LogP contribution < -0.4 is 10.9 Å². The normalized spacial score (nSPS) is 10.7. The van der Waals surface area contributed by atoms with E-state index in [1.807, 2.05) is 32.0 Å². The molecule has 0 aliphatic heterocycles. The second-order valence-electron chi connectivity index (χ2n) is 5.33. The fourth-order valence-electron chi connectivity index (χ4n) is 2.26. The van der Waals surface area contributed by atoms with Crippen LogP contribution in [0.25, 0.3) is 5.65 Å². The molecule has 3 rings (SSSR count). The lowest BCUT2D eigenvalue weighted by molar-refractivity contribution is 0.102. The Hall–Kier alpha value is -2.47. The van der Waals surface area contributed by atoms with Crippen LogP contribution in [0, 0.1) is 13.8 Å². The number of nitrogens with one attached hydrogen (secondary N) is 1. The van der Waals surface area contributed by atoms with E-state index in [2.05, 4.69) is 26.2 Å². The first kappa shape index (κ1) is 15.4. The summed E-state index contributed by atoms with van der Waals surface area (Å²) in [5.74, 6) is -0.472. The second kappa shape index (κ2) is 5.96. The molecular weight excluding hydrogens is 358 g/mol. The highest BCUT2D eigenvalue weighted by Gasteiger charge is 2.14. The van der Waals surface area contributed by atoms with E-state index in [1.54, 1.807) is 18.3 Å².